The Morgan fingerprint density at radius 2 is 2.00 bits per heavy atom. The summed E-state index contributed by atoms with van der Waals surface area (Å²) in [6, 6.07) is 15.6. The maximum absolute atomic E-state index is 8.77. The normalized spacial score (nSPS) is 10.6. The van der Waals surface area contributed by atoms with Gasteiger partial charge in [0.15, 0.2) is 4.34 Å². The van der Waals surface area contributed by atoms with Gasteiger partial charge < -0.3 is 5.73 Å². The van der Waals surface area contributed by atoms with Gasteiger partial charge in [-0.05, 0) is 35.9 Å². The first kappa shape index (κ1) is 13.0. The first-order valence-electron chi connectivity index (χ1n) is 6.02. The number of nitrogen functional groups attached to an aromatic ring is 1. The van der Waals surface area contributed by atoms with Crippen molar-refractivity contribution >= 4 is 39.0 Å². The summed E-state index contributed by atoms with van der Waals surface area (Å²) < 4.78 is 2.15. The molecule has 0 aliphatic heterocycles. The molecule has 2 N–H and O–H groups in total. The van der Waals surface area contributed by atoms with Gasteiger partial charge in [-0.2, -0.15) is 5.26 Å². The van der Waals surface area contributed by atoms with Crippen LogP contribution in [0.1, 0.15) is 11.1 Å². The van der Waals surface area contributed by atoms with Gasteiger partial charge in [0.2, 0.25) is 0 Å². The van der Waals surface area contributed by atoms with Gasteiger partial charge >= 0.3 is 0 Å². The van der Waals surface area contributed by atoms with Crippen LogP contribution in [0.2, 0.25) is 0 Å². The van der Waals surface area contributed by atoms with Gasteiger partial charge in [-0.25, -0.2) is 4.98 Å². The number of nitriles is 1. The highest BCUT2D eigenvalue weighted by Crippen LogP contribution is 2.32. The van der Waals surface area contributed by atoms with E-state index in [0.717, 1.165) is 26.0 Å². The number of thioether (sulfide) groups is 1. The van der Waals surface area contributed by atoms with E-state index in [-0.39, 0.29) is 0 Å². The zero-order valence-corrected chi connectivity index (χ0v) is 12.2. The molecular formula is C15H11N3S2. The highest BCUT2D eigenvalue weighted by molar-refractivity contribution is 8.00. The summed E-state index contributed by atoms with van der Waals surface area (Å²) in [4.78, 5) is 4.58. The van der Waals surface area contributed by atoms with Crippen LogP contribution in [-0.2, 0) is 5.75 Å². The fraction of sp³-hybridized carbons (Fsp3) is 0.0667. The second kappa shape index (κ2) is 5.53. The highest BCUT2D eigenvalue weighted by atomic mass is 32.2. The molecule has 0 unspecified atom stereocenters. The van der Waals surface area contributed by atoms with Crippen molar-refractivity contribution in [1.82, 2.24) is 4.98 Å². The number of rotatable bonds is 3. The highest BCUT2D eigenvalue weighted by Gasteiger charge is 2.05. The number of aromatic nitrogens is 1. The van der Waals surface area contributed by atoms with E-state index in [2.05, 4.69) is 11.1 Å². The summed E-state index contributed by atoms with van der Waals surface area (Å²) in [7, 11) is 0. The van der Waals surface area contributed by atoms with Crippen LogP contribution in [0.15, 0.2) is 46.8 Å². The van der Waals surface area contributed by atoms with E-state index in [1.807, 2.05) is 42.5 Å². The molecule has 0 saturated carbocycles. The topological polar surface area (TPSA) is 62.7 Å². The van der Waals surface area contributed by atoms with E-state index in [1.54, 1.807) is 23.1 Å². The molecule has 0 aliphatic carbocycles. The fourth-order valence-electron chi connectivity index (χ4n) is 1.80. The largest absolute Gasteiger partial charge is 0.399 e. The summed E-state index contributed by atoms with van der Waals surface area (Å²) in [6.07, 6.45) is 0. The summed E-state index contributed by atoms with van der Waals surface area (Å²) in [6.45, 7) is 0. The summed E-state index contributed by atoms with van der Waals surface area (Å²) in [5, 5.41) is 8.77. The molecule has 0 atom stereocenters. The molecule has 0 saturated heterocycles. The van der Waals surface area contributed by atoms with Crippen molar-refractivity contribution in [2.24, 2.45) is 0 Å². The second-order valence-corrected chi connectivity index (χ2v) is 6.56. The molecule has 0 radical (unpaired) electrons. The Morgan fingerprint density at radius 3 is 2.75 bits per heavy atom. The van der Waals surface area contributed by atoms with Crippen LogP contribution >= 0.6 is 23.1 Å². The number of hydrogen-bond acceptors (Lipinski definition) is 5. The molecule has 0 bridgehead atoms. The van der Waals surface area contributed by atoms with Crippen molar-refractivity contribution in [1.29, 1.82) is 5.26 Å². The summed E-state index contributed by atoms with van der Waals surface area (Å²) >= 11 is 3.36. The average Bonchev–Trinajstić information content (AvgIpc) is 2.87. The number of fused-ring (bicyclic) bond motifs is 1. The Morgan fingerprint density at radius 1 is 1.20 bits per heavy atom. The van der Waals surface area contributed by atoms with E-state index >= 15 is 0 Å². The van der Waals surface area contributed by atoms with Crippen molar-refractivity contribution in [3.8, 4) is 6.07 Å². The number of nitrogens with zero attached hydrogens (tertiary/aromatic N) is 2. The number of thiazole rings is 1. The molecule has 5 heteroatoms. The third-order valence-corrected chi connectivity index (χ3v) is 5.07. The molecule has 0 spiro atoms. The van der Waals surface area contributed by atoms with Gasteiger partial charge in [-0.3, -0.25) is 0 Å². The van der Waals surface area contributed by atoms with Crippen LogP contribution < -0.4 is 5.73 Å². The van der Waals surface area contributed by atoms with E-state index in [4.69, 9.17) is 11.0 Å². The van der Waals surface area contributed by atoms with Crippen molar-refractivity contribution in [2.75, 3.05) is 5.73 Å². The van der Waals surface area contributed by atoms with Gasteiger partial charge in [0.05, 0.1) is 21.8 Å². The molecular weight excluding hydrogens is 286 g/mol. The molecule has 3 nitrogen and oxygen atoms in total. The van der Waals surface area contributed by atoms with E-state index in [0.29, 0.717) is 5.56 Å². The van der Waals surface area contributed by atoms with Crippen LogP contribution in [0.25, 0.3) is 10.2 Å². The molecule has 0 fully saturated rings. The molecule has 0 aliphatic rings. The fourth-order valence-corrected chi connectivity index (χ4v) is 3.88. The van der Waals surface area contributed by atoms with Gasteiger partial charge in [0.25, 0.3) is 0 Å². The van der Waals surface area contributed by atoms with Crippen molar-refractivity contribution in [3.63, 3.8) is 0 Å². The Hall–Kier alpha value is -2.03. The first-order chi connectivity index (χ1) is 9.74. The molecule has 20 heavy (non-hydrogen) atoms. The second-order valence-electron chi connectivity index (χ2n) is 4.30. The van der Waals surface area contributed by atoms with Crippen LogP contribution in [-0.4, -0.2) is 4.98 Å². The first-order valence-corrected chi connectivity index (χ1v) is 7.83. The lowest BCUT2D eigenvalue weighted by Gasteiger charge is -1.98. The predicted octanol–water partition coefficient (Wildman–Crippen LogP) is 4.04. The van der Waals surface area contributed by atoms with Gasteiger partial charge in [-0.15, -0.1) is 11.3 Å². The lowest BCUT2D eigenvalue weighted by molar-refractivity contribution is 1.29. The maximum atomic E-state index is 8.77. The minimum absolute atomic E-state index is 0.689. The maximum Gasteiger partial charge on any atom is 0.151 e. The van der Waals surface area contributed by atoms with Crippen LogP contribution in [0.3, 0.4) is 0 Å². The average molecular weight is 297 g/mol. The van der Waals surface area contributed by atoms with Crippen LogP contribution in [0.5, 0.6) is 0 Å². The SMILES string of the molecule is N#Cc1ccc(CSc2nc3ccc(N)cc3s2)cc1. The lowest BCUT2D eigenvalue weighted by atomic mass is 10.2. The quantitative estimate of drug-likeness (QED) is 0.585. The van der Waals surface area contributed by atoms with Gasteiger partial charge in [-0.1, -0.05) is 23.9 Å². The molecule has 1 aromatic heterocycles. The van der Waals surface area contributed by atoms with Gasteiger partial charge in [0.1, 0.15) is 0 Å². The third-order valence-electron chi connectivity index (χ3n) is 2.84. The molecule has 1 heterocycles. The molecule has 98 valence electrons. The predicted molar refractivity (Wildman–Crippen MR) is 84.8 cm³/mol. The van der Waals surface area contributed by atoms with Crippen molar-refractivity contribution in [3.05, 3.63) is 53.6 Å². The van der Waals surface area contributed by atoms with Crippen LogP contribution in [0, 0.1) is 11.3 Å². The molecule has 0 amide bonds. The summed E-state index contributed by atoms with van der Waals surface area (Å²) in [5.41, 5.74) is 9.41. The Balaban J connectivity index is 1.74. The monoisotopic (exact) mass is 297 g/mol. The van der Waals surface area contributed by atoms with Crippen molar-refractivity contribution < 1.29 is 0 Å². The number of hydrogen-bond donors (Lipinski definition) is 1. The Labute approximate surface area is 125 Å². The zero-order chi connectivity index (χ0) is 13.9. The number of anilines is 1. The number of benzene rings is 2. The van der Waals surface area contributed by atoms with Crippen molar-refractivity contribution in [2.45, 2.75) is 10.1 Å². The zero-order valence-electron chi connectivity index (χ0n) is 10.5. The van der Waals surface area contributed by atoms with E-state index in [1.165, 1.54) is 5.56 Å². The molecule has 3 rings (SSSR count). The minimum atomic E-state index is 0.689. The van der Waals surface area contributed by atoms with Crippen LogP contribution in [0.4, 0.5) is 5.69 Å². The third kappa shape index (κ3) is 2.77. The lowest BCUT2D eigenvalue weighted by Crippen LogP contribution is -1.82. The smallest absolute Gasteiger partial charge is 0.151 e. The summed E-state index contributed by atoms with van der Waals surface area (Å²) in [5.74, 6) is 0.848. The number of nitrogens with two attached hydrogens (primary N) is 1. The molecule has 3 aromatic rings. The Kier molecular flexibility index (Phi) is 3.59. The van der Waals surface area contributed by atoms with Gasteiger partial charge in [0, 0.05) is 11.4 Å². The minimum Gasteiger partial charge on any atom is -0.399 e. The standard InChI is InChI=1S/C15H11N3S2/c16-8-10-1-3-11(4-2-10)9-19-15-18-13-6-5-12(17)7-14(13)20-15/h1-7H,9,17H2. The van der Waals surface area contributed by atoms with E-state index < -0.39 is 0 Å². The van der Waals surface area contributed by atoms with E-state index in [9.17, 15) is 0 Å². The molecule has 2 aromatic carbocycles. The Bertz CT molecular complexity index is 785.